The number of phosphoric ester groups is 1. The molecule has 0 aromatic carbocycles. The van der Waals surface area contributed by atoms with Crippen molar-refractivity contribution in [2.24, 2.45) is 0 Å². The van der Waals surface area contributed by atoms with Gasteiger partial charge in [0.05, 0.1) is 39.9 Å². The lowest BCUT2D eigenvalue weighted by atomic mass is 10.0. The molecule has 1 amide bonds. The van der Waals surface area contributed by atoms with Crippen molar-refractivity contribution in [3.05, 3.63) is 109 Å². The molecule has 0 bridgehead atoms. The molecular weight excluding hydrogens is 888 g/mol. The van der Waals surface area contributed by atoms with Gasteiger partial charge in [-0.25, -0.2) is 4.57 Å². The Bertz CT molecular complexity index is 1500. The third kappa shape index (κ3) is 53.0. The molecule has 0 aliphatic carbocycles. The largest absolute Gasteiger partial charge is 0.472 e. The van der Waals surface area contributed by atoms with Crippen LogP contribution in [0.1, 0.15) is 219 Å². The molecule has 402 valence electrons. The van der Waals surface area contributed by atoms with Crippen LogP contribution in [-0.4, -0.2) is 73.4 Å². The molecule has 0 spiro atoms. The molecular formula is C61H108N2O6P+. The van der Waals surface area contributed by atoms with Crippen molar-refractivity contribution in [1.82, 2.24) is 5.32 Å². The lowest BCUT2D eigenvalue weighted by Crippen LogP contribution is -2.45. The summed E-state index contributed by atoms with van der Waals surface area (Å²) in [6.07, 6.45) is 74.9. The van der Waals surface area contributed by atoms with Crippen LogP contribution < -0.4 is 5.32 Å². The van der Waals surface area contributed by atoms with Crippen molar-refractivity contribution in [3.8, 4) is 0 Å². The van der Waals surface area contributed by atoms with Crippen LogP contribution in [0.15, 0.2) is 109 Å². The van der Waals surface area contributed by atoms with Crippen LogP contribution in [0.25, 0.3) is 0 Å². The van der Waals surface area contributed by atoms with E-state index in [2.05, 4.69) is 116 Å². The van der Waals surface area contributed by atoms with Gasteiger partial charge in [0.2, 0.25) is 5.91 Å². The van der Waals surface area contributed by atoms with E-state index < -0.39 is 20.0 Å². The molecule has 9 heteroatoms. The number of quaternary nitrogens is 1. The number of carbonyl (C=O) groups is 1. The smallest absolute Gasteiger partial charge is 0.387 e. The van der Waals surface area contributed by atoms with Crippen LogP contribution in [0.4, 0.5) is 0 Å². The zero-order chi connectivity index (χ0) is 51.3. The third-order valence-electron chi connectivity index (χ3n) is 12.0. The molecule has 0 fully saturated rings. The maximum absolute atomic E-state index is 12.9. The number of likely N-dealkylation sites (N-methyl/N-ethyl adjacent to an activating group) is 1. The highest BCUT2D eigenvalue weighted by molar-refractivity contribution is 7.47. The van der Waals surface area contributed by atoms with Crippen molar-refractivity contribution in [2.45, 2.75) is 231 Å². The summed E-state index contributed by atoms with van der Waals surface area (Å²) in [6, 6.07) is -0.850. The highest BCUT2D eigenvalue weighted by Gasteiger charge is 2.27. The number of nitrogens with one attached hydrogen (secondary N) is 1. The average Bonchev–Trinajstić information content (AvgIpc) is 3.32. The second-order valence-corrected chi connectivity index (χ2v) is 21.4. The number of hydrogen-bond acceptors (Lipinski definition) is 5. The summed E-state index contributed by atoms with van der Waals surface area (Å²) >= 11 is 0. The van der Waals surface area contributed by atoms with Crippen molar-refractivity contribution in [3.63, 3.8) is 0 Å². The topological polar surface area (TPSA) is 105 Å². The molecule has 0 aromatic heterocycles. The number of unbranched alkanes of at least 4 members (excludes halogenated alkanes) is 21. The zero-order valence-electron chi connectivity index (χ0n) is 45.7. The summed E-state index contributed by atoms with van der Waals surface area (Å²) < 4.78 is 23.6. The van der Waals surface area contributed by atoms with Gasteiger partial charge < -0.3 is 19.8 Å². The van der Waals surface area contributed by atoms with Crippen LogP contribution in [0.3, 0.4) is 0 Å². The SMILES string of the molecule is CC/C=C\C/C=C\C/C=C\C/C=C\C/C=C\C/C=C\C/C=C\C/C=C\CCCCCCCCCCCCCCCCC(=O)NC(COP(=O)(O)OCC[N+](C)(C)C)C(O)/C=C/CCCCCCCCC. The van der Waals surface area contributed by atoms with E-state index in [1.807, 2.05) is 27.2 Å². The quantitative estimate of drug-likeness (QED) is 0.0243. The predicted molar refractivity (Wildman–Crippen MR) is 304 cm³/mol. The van der Waals surface area contributed by atoms with E-state index in [1.165, 1.54) is 109 Å². The first-order chi connectivity index (χ1) is 34.0. The van der Waals surface area contributed by atoms with Gasteiger partial charge in [-0.05, 0) is 83.5 Å². The van der Waals surface area contributed by atoms with E-state index in [-0.39, 0.29) is 19.1 Å². The monoisotopic (exact) mass is 996 g/mol. The number of hydrogen-bond donors (Lipinski definition) is 3. The molecule has 3 atom stereocenters. The Morgan fingerprint density at radius 3 is 1.26 bits per heavy atom. The van der Waals surface area contributed by atoms with Crippen LogP contribution >= 0.6 is 7.82 Å². The summed E-state index contributed by atoms with van der Waals surface area (Å²) in [7, 11) is 1.56. The van der Waals surface area contributed by atoms with Crippen molar-refractivity contribution < 1.29 is 32.9 Å². The zero-order valence-corrected chi connectivity index (χ0v) is 46.6. The van der Waals surface area contributed by atoms with Crippen molar-refractivity contribution >= 4 is 13.7 Å². The molecule has 0 saturated carbocycles. The van der Waals surface area contributed by atoms with E-state index in [0.29, 0.717) is 17.4 Å². The Morgan fingerprint density at radius 2 is 0.857 bits per heavy atom. The number of carbonyl (C=O) groups excluding carboxylic acids is 1. The van der Waals surface area contributed by atoms with Crippen molar-refractivity contribution in [2.75, 3.05) is 40.9 Å². The Morgan fingerprint density at radius 1 is 0.500 bits per heavy atom. The average molecular weight is 997 g/mol. The molecule has 3 N–H and O–H groups in total. The van der Waals surface area contributed by atoms with Crippen LogP contribution in [0, 0.1) is 0 Å². The maximum Gasteiger partial charge on any atom is 0.472 e. The molecule has 0 rings (SSSR count). The lowest BCUT2D eigenvalue weighted by Gasteiger charge is -2.25. The molecule has 3 unspecified atom stereocenters. The summed E-state index contributed by atoms with van der Waals surface area (Å²) in [5, 5.41) is 13.8. The van der Waals surface area contributed by atoms with Crippen LogP contribution in [0.2, 0.25) is 0 Å². The lowest BCUT2D eigenvalue weighted by molar-refractivity contribution is -0.870. The number of rotatable bonds is 50. The van der Waals surface area contributed by atoms with E-state index >= 15 is 0 Å². The Balaban J connectivity index is 3.96. The molecule has 0 aliphatic rings. The molecule has 0 heterocycles. The van der Waals surface area contributed by atoms with Gasteiger partial charge >= 0.3 is 7.82 Å². The van der Waals surface area contributed by atoms with Gasteiger partial charge in [-0.3, -0.25) is 13.8 Å². The predicted octanol–water partition coefficient (Wildman–Crippen LogP) is 17.2. The van der Waals surface area contributed by atoms with Gasteiger partial charge in [0.25, 0.3) is 0 Å². The normalized spacial score (nSPS) is 14.8. The number of aliphatic hydroxyl groups excluding tert-OH is 1. The fraction of sp³-hybridized carbons (Fsp3) is 0.689. The fourth-order valence-corrected chi connectivity index (χ4v) is 8.32. The Kier molecular flexibility index (Phi) is 49.0. The first-order valence-corrected chi connectivity index (χ1v) is 29.8. The number of amides is 1. The van der Waals surface area contributed by atoms with E-state index in [1.54, 1.807) is 6.08 Å². The minimum atomic E-state index is -4.34. The molecule has 0 aromatic rings. The van der Waals surface area contributed by atoms with Gasteiger partial charge in [0.15, 0.2) is 0 Å². The summed E-state index contributed by atoms with van der Waals surface area (Å²) in [6.45, 7) is 4.65. The second-order valence-electron chi connectivity index (χ2n) is 19.9. The summed E-state index contributed by atoms with van der Waals surface area (Å²) in [5.74, 6) is -0.184. The first-order valence-electron chi connectivity index (χ1n) is 28.3. The minimum Gasteiger partial charge on any atom is -0.387 e. The fourth-order valence-electron chi connectivity index (χ4n) is 7.59. The maximum atomic E-state index is 12.9. The summed E-state index contributed by atoms with van der Waals surface area (Å²) in [4.78, 5) is 23.2. The third-order valence-corrected chi connectivity index (χ3v) is 13.0. The number of phosphoric acid groups is 1. The Labute approximate surface area is 431 Å². The number of nitrogens with zero attached hydrogens (tertiary/aromatic N) is 1. The summed E-state index contributed by atoms with van der Waals surface area (Å²) in [5.41, 5.74) is 0. The van der Waals surface area contributed by atoms with Crippen molar-refractivity contribution in [1.29, 1.82) is 0 Å². The second kappa shape index (κ2) is 51.1. The highest BCUT2D eigenvalue weighted by Crippen LogP contribution is 2.43. The number of allylic oxidation sites excluding steroid dienone is 17. The number of aliphatic hydroxyl groups is 1. The van der Waals surface area contributed by atoms with E-state index in [4.69, 9.17) is 9.05 Å². The van der Waals surface area contributed by atoms with E-state index in [9.17, 15) is 19.4 Å². The van der Waals surface area contributed by atoms with E-state index in [0.717, 1.165) is 89.9 Å². The van der Waals surface area contributed by atoms with Gasteiger partial charge in [0, 0.05) is 6.42 Å². The van der Waals surface area contributed by atoms with Gasteiger partial charge in [0.1, 0.15) is 13.2 Å². The molecule has 8 nitrogen and oxygen atoms in total. The molecule has 0 aliphatic heterocycles. The molecule has 0 radical (unpaired) electrons. The first kappa shape index (κ1) is 67.2. The van der Waals surface area contributed by atoms with Gasteiger partial charge in [-0.15, -0.1) is 0 Å². The van der Waals surface area contributed by atoms with Crippen LogP contribution in [-0.2, 0) is 18.4 Å². The van der Waals surface area contributed by atoms with Crippen LogP contribution in [0.5, 0.6) is 0 Å². The van der Waals surface area contributed by atoms with Gasteiger partial charge in [-0.2, -0.15) is 0 Å². The highest BCUT2D eigenvalue weighted by atomic mass is 31.2. The standard InChI is InChI=1S/C61H107N2O6P/c1-6-8-10-12-14-16-17-18-19-20-21-22-23-24-25-26-27-28-29-30-31-32-33-34-35-36-37-38-39-40-41-42-43-44-45-47-49-51-53-55-61(65)62-59(58-69-70(66,67)68-57-56-63(3,4)5)60(64)54-52-50-48-46-15-13-11-9-7-2/h8,10,14,16,18-19,21-22,24-25,27-28,30-31,33-34,52,54,59-60,64H,6-7,9,11-13,15,17,20,23,26,29,32,35-51,53,55-58H2,1-5H3,(H-,62,65,66,67)/p+1/b10-8-,16-14-,19-18-,22-21-,25-24-,28-27-,31-30-,34-33-,54-52+. The Hall–Kier alpha value is -2.84. The molecule has 0 saturated heterocycles. The molecule has 70 heavy (non-hydrogen) atoms. The van der Waals surface area contributed by atoms with Gasteiger partial charge in [-0.1, -0.05) is 239 Å². The minimum absolute atomic E-state index is 0.0575.